The van der Waals surface area contributed by atoms with Crippen molar-refractivity contribution in [2.24, 2.45) is 5.92 Å². The molecule has 0 bridgehead atoms. The van der Waals surface area contributed by atoms with Crippen molar-refractivity contribution in [2.45, 2.75) is 26.2 Å². The van der Waals surface area contributed by atoms with Gasteiger partial charge in [-0.05, 0) is 24.8 Å². The molecule has 0 N–H and O–H groups in total. The Hall–Kier alpha value is -1.29. The molecule has 0 radical (unpaired) electrons. The zero-order chi connectivity index (χ0) is 9.52. The lowest BCUT2D eigenvalue weighted by atomic mass is 9.99. The summed E-state index contributed by atoms with van der Waals surface area (Å²) in [6, 6.07) is 12.7. The smallest absolute Gasteiger partial charge is 0.0655 e. The molecule has 0 fully saturated rings. The fraction of sp³-hybridized carbons (Fsp3) is 0.417. The van der Waals surface area contributed by atoms with Gasteiger partial charge in [0.2, 0.25) is 0 Å². The van der Waals surface area contributed by atoms with Gasteiger partial charge in [0.1, 0.15) is 0 Å². The van der Waals surface area contributed by atoms with E-state index < -0.39 is 0 Å². The fourth-order valence-electron chi connectivity index (χ4n) is 1.35. The number of aryl methyl sites for hydroxylation is 1. The average Bonchev–Trinajstić information content (AvgIpc) is 2.21. The molecule has 1 aromatic carbocycles. The molecule has 0 unspecified atom stereocenters. The Kier molecular flexibility index (Phi) is 4.05. The number of rotatable bonds is 4. The molecule has 0 aliphatic carbocycles. The molecule has 68 valence electrons. The SMILES string of the molecule is CC[C@H](C#N)CCc1ccccc1. The molecule has 0 aliphatic heterocycles. The Bertz CT molecular complexity index is 271. The summed E-state index contributed by atoms with van der Waals surface area (Å²) < 4.78 is 0. The van der Waals surface area contributed by atoms with Crippen LogP contribution in [0.5, 0.6) is 0 Å². The summed E-state index contributed by atoms with van der Waals surface area (Å²) >= 11 is 0. The van der Waals surface area contributed by atoms with E-state index in [9.17, 15) is 0 Å². The maximum atomic E-state index is 8.75. The van der Waals surface area contributed by atoms with Crippen molar-refractivity contribution < 1.29 is 0 Å². The van der Waals surface area contributed by atoms with E-state index in [1.165, 1.54) is 5.56 Å². The van der Waals surface area contributed by atoms with Crippen LogP contribution in [0.3, 0.4) is 0 Å². The zero-order valence-corrected chi connectivity index (χ0v) is 8.03. The fourth-order valence-corrected chi connectivity index (χ4v) is 1.35. The Morgan fingerprint density at radius 3 is 2.54 bits per heavy atom. The standard InChI is InChI=1S/C12H15N/c1-2-11(10-13)8-9-12-6-4-3-5-7-12/h3-7,11H,2,8-9H2,1H3/t11-/m0/s1. The summed E-state index contributed by atoms with van der Waals surface area (Å²) in [5.41, 5.74) is 1.33. The maximum Gasteiger partial charge on any atom is 0.0655 e. The van der Waals surface area contributed by atoms with Crippen LogP contribution >= 0.6 is 0 Å². The highest BCUT2D eigenvalue weighted by atomic mass is 14.3. The monoisotopic (exact) mass is 173 g/mol. The van der Waals surface area contributed by atoms with Gasteiger partial charge >= 0.3 is 0 Å². The summed E-state index contributed by atoms with van der Waals surface area (Å²) in [7, 11) is 0. The molecule has 0 saturated carbocycles. The first-order valence-electron chi connectivity index (χ1n) is 4.80. The minimum atomic E-state index is 0.222. The third-order valence-electron chi connectivity index (χ3n) is 2.30. The van der Waals surface area contributed by atoms with Crippen LogP contribution in [-0.2, 0) is 6.42 Å². The van der Waals surface area contributed by atoms with Gasteiger partial charge in [0.15, 0.2) is 0 Å². The van der Waals surface area contributed by atoms with Crippen LogP contribution in [0.2, 0.25) is 0 Å². The third kappa shape index (κ3) is 3.29. The number of benzene rings is 1. The van der Waals surface area contributed by atoms with Gasteiger partial charge in [-0.25, -0.2) is 0 Å². The van der Waals surface area contributed by atoms with Gasteiger partial charge in [0.05, 0.1) is 6.07 Å². The molecule has 1 heteroatoms. The lowest BCUT2D eigenvalue weighted by Crippen LogP contribution is -1.97. The van der Waals surface area contributed by atoms with Crippen LogP contribution in [0, 0.1) is 17.2 Å². The molecule has 1 nitrogen and oxygen atoms in total. The number of nitrogens with zero attached hydrogens (tertiary/aromatic N) is 1. The van der Waals surface area contributed by atoms with E-state index in [4.69, 9.17) is 5.26 Å². The van der Waals surface area contributed by atoms with Gasteiger partial charge in [-0.2, -0.15) is 5.26 Å². The predicted molar refractivity (Wildman–Crippen MR) is 54.2 cm³/mol. The van der Waals surface area contributed by atoms with Crippen molar-refractivity contribution in [3.05, 3.63) is 35.9 Å². The number of nitriles is 1. The highest BCUT2D eigenvalue weighted by molar-refractivity contribution is 5.14. The average molecular weight is 173 g/mol. The van der Waals surface area contributed by atoms with Crippen LogP contribution in [0.1, 0.15) is 25.3 Å². The van der Waals surface area contributed by atoms with Crippen LogP contribution in [0.15, 0.2) is 30.3 Å². The van der Waals surface area contributed by atoms with E-state index in [1.807, 2.05) is 18.2 Å². The Balaban J connectivity index is 2.40. The molecule has 0 aromatic heterocycles. The second kappa shape index (κ2) is 5.37. The van der Waals surface area contributed by atoms with Gasteiger partial charge in [-0.3, -0.25) is 0 Å². The second-order valence-electron chi connectivity index (χ2n) is 3.26. The molecule has 0 saturated heterocycles. The molecular formula is C12H15N. The predicted octanol–water partition coefficient (Wildman–Crippen LogP) is 3.17. The van der Waals surface area contributed by atoms with Crippen molar-refractivity contribution in [2.75, 3.05) is 0 Å². The zero-order valence-electron chi connectivity index (χ0n) is 8.03. The van der Waals surface area contributed by atoms with Crippen LogP contribution in [-0.4, -0.2) is 0 Å². The molecule has 0 heterocycles. The molecular weight excluding hydrogens is 158 g/mol. The Morgan fingerprint density at radius 1 is 1.31 bits per heavy atom. The number of hydrogen-bond donors (Lipinski definition) is 0. The van der Waals surface area contributed by atoms with Gasteiger partial charge in [0.25, 0.3) is 0 Å². The summed E-state index contributed by atoms with van der Waals surface area (Å²) in [5, 5.41) is 8.75. The van der Waals surface area contributed by atoms with Gasteiger partial charge < -0.3 is 0 Å². The van der Waals surface area contributed by atoms with E-state index in [0.29, 0.717) is 0 Å². The van der Waals surface area contributed by atoms with E-state index >= 15 is 0 Å². The normalized spacial score (nSPS) is 12.0. The summed E-state index contributed by atoms with van der Waals surface area (Å²) in [4.78, 5) is 0. The van der Waals surface area contributed by atoms with Gasteiger partial charge in [-0.15, -0.1) is 0 Å². The molecule has 0 spiro atoms. The molecule has 1 aromatic rings. The van der Waals surface area contributed by atoms with E-state index in [-0.39, 0.29) is 5.92 Å². The third-order valence-corrected chi connectivity index (χ3v) is 2.30. The van der Waals surface area contributed by atoms with Crippen molar-refractivity contribution in [1.29, 1.82) is 5.26 Å². The van der Waals surface area contributed by atoms with Crippen molar-refractivity contribution in [3.63, 3.8) is 0 Å². The summed E-state index contributed by atoms with van der Waals surface area (Å²) in [5.74, 6) is 0.222. The summed E-state index contributed by atoms with van der Waals surface area (Å²) in [6.07, 6.45) is 2.97. The van der Waals surface area contributed by atoms with E-state index in [0.717, 1.165) is 19.3 Å². The van der Waals surface area contributed by atoms with E-state index in [1.54, 1.807) is 0 Å². The van der Waals surface area contributed by atoms with Crippen LogP contribution in [0.25, 0.3) is 0 Å². The van der Waals surface area contributed by atoms with Gasteiger partial charge in [0, 0.05) is 5.92 Å². The second-order valence-corrected chi connectivity index (χ2v) is 3.26. The molecule has 0 aliphatic rings. The van der Waals surface area contributed by atoms with Gasteiger partial charge in [-0.1, -0.05) is 37.3 Å². The molecule has 13 heavy (non-hydrogen) atoms. The molecule has 1 rings (SSSR count). The molecule has 1 atom stereocenters. The van der Waals surface area contributed by atoms with Crippen molar-refractivity contribution in [1.82, 2.24) is 0 Å². The van der Waals surface area contributed by atoms with Crippen LogP contribution in [0.4, 0.5) is 0 Å². The quantitative estimate of drug-likeness (QED) is 0.686. The van der Waals surface area contributed by atoms with E-state index in [2.05, 4.69) is 25.1 Å². The number of hydrogen-bond acceptors (Lipinski definition) is 1. The lowest BCUT2D eigenvalue weighted by molar-refractivity contribution is 0.585. The first-order valence-corrected chi connectivity index (χ1v) is 4.80. The topological polar surface area (TPSA) is 23.8 Å². The molecule has 0 amide bonds. The largest absolute Gasteiger partial charge is 0.198 e. The Labute approximate surface area is 80.0 Å². The first kappa shape index (κ1) is 9.80. The minimum Gasteiger partial charge on any atom is -0.198 e. The summed E-state index contributed by atoms with van der Waals surface area (Å²) in [6.45, 7) is 2.07. The highest BCUT2D eigenvalue weighted by Crippen LogP contribution is 2.11. The van der Waals surface area contributed by atoms with Crippen molar-refractivity contribution >= 4 is 0 Å². The highest BCUT2D eigenvalue weighted by Gasteiger charge is 2.03. The maximum absolute atomic E-state index is 8.75. The lowest BCUT2D eigenvalue weighted by Gasteiger charge is -2.04. The minimum absolute atomic E-state index is 0.222. The Morgan fingerprint density at radius 2 is 2.00 bits per heavy atom. The van der Waals surface area contributed by atoms with Crippen molar-refractivity contribution in [3.8, 4) is 6.07 Å². The first-order chi connectivity index (χ1) is 6.36. The van der Waals surface area contributed by atoms with Crippen LogP contribution < -0.4 is 0 Å².